The van der Waals surface area contributed by atoms with Crippen LogP contribution in [0.2, 0.25) is 0 Å². The number of methoxy groups -OCH3 is 1. The summed E-state index contributed by atoms with van der Waals surface area (Å²) in [5.41, 5.74) is 0.653. The van der Waals surface area contributed by atoms with Gasteiger partial charge in [-0.1, -0.05) is 6.92 Å². The highest BCUT2D eigenvalue weighted by Gasteiger charge is 2.37. The summed E-state index contributed by atoms with van der Waals surface area (Å²) >= 11 is 0. The maximum Gasteiger partial charge on any atom is 0.437 e. The van der Waals surface area contributed by atoms with Gasteiger partial charge in [0.05, 0.1) is 37.6 Å². The van der Waals surface area contributed by atoms with Gasteiger partial charge in [0.1, 0.15) is 11.4 Å². The lowest BCUT2D eigenvalue weighted by molar-refractivity contribution is -0.142. The Balaban J connectivity index is 1.62. The van der Waals surface area contributed by atoms with E-state index in [-0.39, 0.29) is 18.6 Å². The first-order chi connectivity index (χ1) is 16.7. The molecule has 2 aliphatic heterocycles. The molecule has 0 aromatic carbocycles. The van der Waals surface area contributed by atoms with E-state index in [0.29, 0.717) is 48.6 Å². The molecule has 0 spiro atoms. The van der Waals surface area contributed by atoms with Gasteiger partial charge < -0.3 is 24.3 Å². The van der Waals surface area contributed by atoms with Gasteiger partial charge in [0.25, 0.3) is 11.8 Å². The van der Waals surface area contributed by atoms with Gasteiger partial charge in [0, 0.05) is 25.3 Å². The number of nitrogens with zero attached hydrogens (tertiary/aromatic N) is 3. The highest BCUT2D eigenvalue weighted by atomic mass is 19.4. The molecule has 8 nitrogen and oxygen atoms in total. The second-order valence-corrected chi connectivity index (χ2v) is 8.84. The zero-order valence-electron chi connectivity index (χ0n) is 19.9. The van der Waals surface area contributed by atoms with Crippen molar-refractivity contribution in [3.05, 3.63) is 46.5 Å². The van der Waals surface area contributed by atoms with E-state index in [4.69, 9.17) is 9.47 Å². The molecule has 2 aliphatic rings. The normalized spacial score (nSPS) is 18.8. The van der Waals surface area contributed by atoms with Crippen molar-refractivity contribution in [1.82, 2.24) is 19.8 Å². The lowest BCUT2D eigenvalue weighted by atomic mass is 10.0. The van der Waals surface area contributed by atoms with Crippen LogP contribution in [-0.4, -0.2) is 52.6 Å². The lowest BCUT2D eigenvalue weighted by Crippen LogP contribution is -2.35. The van der Waals surface area contributed by atoms with Gasteiger partial charge in [-0.3, -0.25) is 9.59 Å². The molecule has 11 heteroatoms. The molecule has 1 fully saturated rings. The average Bonchev–Trinajstić information content (AvgIpc) is 3.44. The standard InChI is InChI=1S/C24H29F3N4O4/c1-4-17(15-10-20(34-3)21(28-12-15)24(25,26)27)29-22(32)16-11-18(31-8-9-35-13-19(16)31)23(33)30-7-5-6-14(30)2/h10-12,14,17H,4-9,13H2,1-3H3,(H,29,32)/t14?,17-/m1/s1. The number of carbonyl (C=O) groups excluding carboxylic acids is 2. The van der Waals surface area contributed by atoms with Gasteiger partial charge in [0.2, 0.25) is 0 Å². The Labute approximate surface area is 201 Å². The number of likely N-dealkylation sites (tertiary alicyclic amines) is 1. The third-order valence-electron chi connectivity index (χ3n) is 6.66. The van der Waals surface area contributed by atoms with E-state index in [1.165, 1.54) is 6.07 Å². The smallest absolute Gasteiger partial charge is 0.437 e. The summed E-state index contributed by atoms with van der Waals surface area (Å²) in [6, 6.07) is 2.37. The zero-order chi connectivity index (χ0) is 25.3. The Morgan fingerprint density at radius 2 is 2.09 bits per heavy atom. The number of hydrogen-bond donors (Lipinski definition) is 1. The number of halogens is 3. The first-order valence-corrected chi connectivity index (χ1v) is 11.7. The third kappa shape index (κ3) is 4.86. The maximum absolute atomic E-state index is 13.3. The number of aromatic nitrogens is 2. The molecular weight excluding hydrogens is 465 g/mol. The predicted molar refractivity (Wildman–Crippen MR) is 120 cm³/mol. The Bertz CT molecular complexity index is 1110. The minimum absolute atomic E-state index is 0.110. The topological polar surface area (TPSA) is 85.7 Å². The number of hydrogen-bond acceptors (Lipinski definition) is 5. The Morgan fingerprint density at radius 3 is 2.71 bits per heavy atom. The number of carbonyl (C=O) groups is 2. The molecule has 35 heavy (non-hydrogen) atoms. The number of fused-ring (bicyclic) bond motifs is 1. The summed E-state index contributed by atoms with van der Waals surface area (Å²) in [5, 5.41) is 2.88. The minimum atomic E-state index is -4.66. The van der Waals surface area contributed by atoms with Crippen LogP contribution in [0.5, 0.6) is 5.75 Å². The number of amides is 2. The number of rotatable bonds is 6. The van der Waals surface area contributed by atoms with Gasteiger partial charge in [-0.2, -0.15) is 13.2 Å². The highest BCUT2D eigenvalue weighted by Crippen LogP contribution is 2.36. The molecule has 2 aromatic rings. The first kappa shape index (κ1) is 25.0. The van der Waals surface area contributed by atoms with E-state index in [1.54, 1.807) is 13.0 Å². The summed E-state index contributed by atoms with van der Waals surface area (Å²) in [6.45, 7) is 5.59. The van der Waals surface area contributed by atoms with Crippen molar-refractivity contribution >= 4 is 11.8 Å². The third-order valence-corrected chi connectivity index (χ3v) is 6.66. The molecule has 0 bridgehead atoms. The van der Waals surface area contributed by atoms with E-state index in [9.17, 15) is 22.8 Å². The highest BCUT2D eigenvalue weighted by molar-refractivity contribution is 6.01. The van der Waals surface area contributed by atoms with Crippen molar-refractivity contribution in [2.75, 3.05) is 20.3 Å². The largest absolute Gasteiger partial charge is 0.494 e. The Kier molecular flexibility index (Phi) is 7.07. The predicted octanol–water partition coefficient (Wildman–Crippen LogP) is 3.95. The zero-order valence-corrected chi connectivity index (χ0v) is 19.9. The van der Waals surface area contributed by atoms with Crippen molar-refractivity contribution in [2.24, 2.45) is 0 Å². The summed E-state index contributed by atoms with van der Waals surface area (Å²) in [6.07, 6.45) is -1.26. The summed E-state index contributed by atoms with van der Waals surface area (Å²) in [7, 11) is 1.14. The number of nitrogens with one attached hydrogen (secondary N) is 1. The molecule has 2 atom stereocenters. The summed E-state index contributed by atoms with van der Waals surface area (Å²) in [5.74, 6) is -0.954. The summed E-state index contributed by atoms with van der Waals surface area (Å²) in [4.78, 5) is 32.0. The molecule has 1 N–H and O–H groups in total. The molecule has 1 saturated heterocycles. The van der Waals surface area contributed by atoms with E-state index in [1.807, 2.05) is 16.4 Å². The quantitative estimate of drug-likeness (QED) is 0.658. The number of pyridine rings is 1. The first-order valence-electron chi connectivity index (χ1n) is 11.7. The van der Waals surface area contributed by atoms with Gasteiger partial charge in [-0.15, -0.1) is 0 Å². The van der Waals surface area contributed by atoms with Crippen LogP contribution in [0.3, 0.4) is 0 Å². The molecule has 0 aliphatic carbocycles. The second kappa shape index (κ2) is 9.88. The van der Waals surface area contributed by atoms with Crippen LogP contribution in [0, 0.1) is 0 Å². The van der Waals surface area contributed by atoms with Gasteiger partial charge in [-0.25, -0.2) is 4.98 Å². The van der Waals surface area contributed by atoms with Crippen molar-refractivity contribution < 1.29 is 32.2 Å². The number of alkyl halides is 3. The van der Waals surface area contributed by atoms with E-state index < -0.39 is 29.6 Å². The van der Waals surface area contributed by atoms with Gasteiger partial charge >= 0.3 is 6.18 Å². The van der Waals surface area contributed by atoms with Crippen LogP contribution in [0.4, 0.5) is 13.2 Å². The van der Waals surface area contributed by atoms with Crippen molar-refractivity contribution in [1.29, 1.82) is 0 Å². The molecule has 0 saturated carbocycles. The van der Waals surface area contributed by atoms with Crippen LogP contribution in [0.25, 0.3) is 0 Å². The summed E-state index contributed by atoms with van der Waals surface area (Å²) < 4.78 is 51.9. The number of ether oxygens (including phenoxy) is 2. The van der Waals surface area contributed by atoms with E-state index in [2.05, 4.69) is 10.3 Å². The van der Waals surface area contributed by atoms with Crippen molar-refractivity contribution in [3.63, 3.8) is 0 Å². The Morgan fingerprint density at radius 1 is 1.31 bits per heavy atom. The van der Waals surface area contributed by atoms with Crippen LogP contribution >= 0.6 is 0 Å². The molecule has 4 heterocycles. The van der Waals surface area contributed by atoms with Crippen LogP contribution in [-0.2, 0) is 24.1 Å². The minimum Gasteiger partial charge on any atom is -0.494 e. The monoisotopic (exact) mass is 494 g/mol. The second-order valence-electron chi connectivity index (χ2n) is 8.84. The fourth-order valence-electron chi connectivity index (χ4n) is 4.76. The Hall–Kier alpha value is -3.08. The molecule has 2 aromatic heterocycles. The van der Waals surface area contributed by atoms with Crippen LogP contribution in [0.15, 0.2) is 18.3 Å². The van der Waals surface area contributed by atoms with Crippen LogP contribution in [0.1, 0.15) is 76.9 Å². The SMILES string of the molecule is CC[C@@H](NC(=O)c1cc(C(=O)N2CCCC2C)n2c1COCC2)c1cnc(C(F)(F)F)c(OC)c1. The van der Waals surface area contributed by atoms with Gasteiger partial charge in [-0.05, 0) is 43.9 Å². The average molecular weight is 495 g/mol. The molecule has 2 amide bonds. The van der Waals surface area contributed by atoms with E-state index in [0.717, 1.165) is 26.1 Å². The van der Waals surface area contributed by atoms with Crippen molar-refractivity contribution in [2.45, 2.75) is 64.5 Å². The molecule has 4 rings (SSSR count). The lowest BCUT2D eigenvalue weighted by Gasteiger charge is -2.24. The molecular formula is C24H29F3N4O4. The molecule has 0 radical (unpaired) electrons. The van der Waals surface area contributed by atoms with E-state index >= 15 is 0 Å². The fourth-order valence-corrected chi connectivity index (χ4v) is 4.76. The van der Waals surface area contributed by atoms with Crippen LogP contribution < -0.4 is 10.1 Å². The fraction of sp³-hybridized carbons (Fsp3) is 0.542. The molecule has 1 unspecified atom stereocenters. The maximum atomic E-state index is 13.3. The van der Waals surface area contributed by atoms with Crippen molar-refractivity contribution in [3.8, 4) is 5.75 Å². The molecule has 190 valence electrons. The van der Waals surface area contributed by atoms with Gasteiger partial charge in [0.15, 0.2) is 5.69 Å².